The number of nitrogens with two attached hydrogens (primary N) is 1. The first kappa shape index (κ1) is 12.1. The van der Waals surface area contributed by atoms with Gasteiger partial charge in [0, 0.05) is 6.42 Å². The number of ether oxygens (including phenoxy) is 1. The normalized spacial score (nSPS) is 12.7. The fourth-order valence-corrected chi connectivity index (χ4v) is 0.708. The Labute approximate surface area is 78.4 Å². The van der Waals surface area contributed by atoms with Crippen LogP contribution in [0.25, 0.3) is 0 Å². The Bertz CT molecular complexity index is 189. The molecule has 0 heterocycles. The molecule has 0 radical (unpaired) electrons. The van der Waals surface area contributed by atoms with E-state index in [-0.39, 0.29) is 12.3 Å². The summed E-state index contributed by atoms with van der Waals surface area (Å²) in [5.74, 6) is -1.14. The smallest absolute Gasteiger partial charge is 0.330 e. The molecule has 0 fully saturated rings. The molecule has 0 bridgehead atoms. The van der Waals surface area contributed by atoms with Gasteiger partial charge in [0.15, 0.2) is 0 Å². The van der Waals surface area contributed by atoms with E-state index in [1.54, 1.807) is 13.8 Å². The zero-order chi connectivity index (χ0) is 10.4. The van der Waals surface area contributed by atoms with Crippen LogP contribution in [0.4, 0.5) is 0 Å². The molecule has 0 rings (SSSR count). The molecule has 0 saturated heterocycles. The van der Waals surface area contributed by atoms with E-state index in [2.05, 4.69) is 4.74 Å². The Morgan fingerprint density at radius 2 is 1.92 bits per heavy atom. The quantitative estimate of drug-likeness (QED) is 0.523. The second kappa shape index (κ2) is 5.70. The van der Waals surface area contributed by atoms with Crippen LogP contribution in [0.3, 0.4) is 0 Å². The molecule has 0 aliphatic heterocycles. The van der Waals surface area contributed by atoms with Crippen molar-refractivity contribution < 1.29 is 14.3 Å². The van der Waals surface area contributed by atoms with Gasteiger partial charge in [-0.15, -0.1) is 0 Å². The molecule has 0 spiro atoms. The molecule has 4 nitrogen and oxygen atoms in total. The highest BCUT2D eigenvalue weighted by Gasteiger charge is 2.21. The molecule has 76 valence electrons. The lowest BCUT2D eigenvalue weighted by Crippen LogP contribution is -2.38. The van der Waals surface area contributed by atoms with Gasteiger partial charge >= 0.3 is 11.9 Å². The van der Waals surface area contributed by atoms with Crippen LogP contribution in [-0.2, 0) is 14.3 Å². The van der Waals surface area contributed by atoms with Crippen LogP contribution >= 0.6 is 0 Å². The summed E-state index contributed by atoms with van der Waals surface area (Å²) < 4.78 is 4.51. The van der Waals surface area contributed by atoms with E-state index in [4.69, 9.17) is 5.73 Å². The molecular weight excluding hydrogens is 170 g/mol. The first-order valence-corrected chi connectivity index (χ1v) is 4.49. The van der Waals surface area contributed by atoms with Crippen LogP contribution in [0.1, 0.15) is 33.6 Å². The van der Waals surface area contributed by atoms with Crippen molar-refractivity contribution in [2.45, 2.75) is 39.7 Å². The first-order valence-electron chi connectivity index (χ1n) is 4.49. The lowest BCUT2D eigenvalue weighted by Gasteiger charge is -2.12. The summed E-state index contributed by atoms with van der Waals surface area (Å²) in [6.07, 6.45) is 0.930. The number of hydrogen-bond donors (Lipinski definition) is 1. The second-order valence-corrected chi connectivity index (χ2v) is 3.31. The van der Waals surface area contributed by atoms with Crippen molar-refractivity contribution in [1.82, 2.24) is 0 Å². The summed E-state index contributed by atoms with van der Waals surface area (Å²) in [7, 11) is 0. The molecule has 2 N–H and O–H groups in total. The van der Waals surface area contributed by atoms with Gasteiger partial charge in [0.1, 0.15) is 6.04 Å². The molecule has 0 aromatic rings. The Morgan fingerprint density at radius 1 is 1.38 bits per heavy atom. The van der Waals surface area contributed by atoms with Gasteiger partial charge in [-0.2, -0.15) is 0 Å². The maximum atomic E-state index is 11.1. The first-order chi connectivity index (χ1) is 5.99. The highest BCUT2D eigenvalue weighted by atomic mass is 16.6. The SMILES string of the molecule is CCCC(=O)OC(=O)[C@@H](N)C(C)C. The van der Waals surface area contributed by atoms with Crippen molar-refractivity contribution in [2.75, 3.05) is 0 Å². The molecule has 0 aromatic heterocycles. The summed E-state index contributed by atoms with van der Waals surface area (Å²) >= 11 is 0. The van der Waals surface area contributed by atoms with Gasteiger partial charge in [-0.05, 0) is 12.3 Å². The zero-order valence-electron chi connectivity index (χ0n) is 8.37. The van der Waals surface area contributed by atoms with Crippen molar-refractivity contribution >= 4 is 11.9 Å². The van der Waals surface area contributed by atoms with Crippen molar-refractivity contribution in [3.63, 3.8) is 0 Å². The Hall–Kier alpha value is -0.900. The minimum absolute atomic E-state index is 0.0121. The third-order valence-corrected chi connectivity index (χ3v) is 1.66. The monoisotopic (exact) mass is 187 g/mol. The maximum Gasteiger partial charge on any atom is 0.330 e. The number of rotatable bonds is 4. The molecular formula is C9H17NO3. The fraction of sp³-hybridized carbons (Fsp3) is 0.778. The van der Waals surface area contributed by atoms with Crippen LogP contribution in [0, 0.1) is 5.92 Å². The highest BCUT2D eigenvalue weighted by Crippen LogP contribution is 2.02. The van der Waals surface area contributed by atoms with E-state index in [1.807, 2.05) is 6.92 Å². The number of carbonyl (C=O) groups is 2. The van der Waals surface area contributed by atoms with Crippen LogP contribution in [-0.4, -0.2) is 18.0 Å². The standard InChI is InChI=1S/C9H17NO3/c1-4-5-7(11)13-9(12)8(10)6(2)3/h6,8H,4-5,10H2,1-3H3/t8-/m0/s1. The van der Waals surface area contributed by atoms with Gasteiger partial charge in [0.25, 0.3) is 0 Å². The summed E-state index contributed by atoms with van der Waals surface area (Å²) in [4.78, 5) is 22.0. The fourth-order valence-electron chi connectivity index (χ4n) is 0.708. The van der Waals surface area contributed by atoms with E-state index in [0.717, 1.165) is 0 Å². The molecule has 0 aromatic carbocycles. The third-order valence-electron chi connectivity index (χ3n) is 1.66. The van der Waals surface area contributed by atoms with E-state index in [0.29, 0.717) is 6.42 Å². The van der Waals surface area contributed by atoms with Gasteiger partial charge in [0.05, 0.1) is 0 Å². The topological polar surface area (TPSA) is 69.4 Å². The largest absolute Gasteiger partial charge is 0.392 e. The van der Waals surface area contributed by atoms with Gasteiger partial charge in [-0.1, -0.05) is 20.8 Å². The van der Waals surface area contributed by atoms with E-state index in [1.165, 1.54) is 0 Å². The molecule has 13 heavy (non-hydrogen) atoms. The summed E-state index contributed by atoms with van der Waals surface area (Å²) in [5, 5.41) is 0. The summed E-state index contributed by atoms with van der Waals surface area (Å²) in [5.41, 5.74) is 5.48. The lowest BCUT2D eigenvalue weighted by molar-refractivity contribution is -0.161. The van der Waals surface area contributed by atoms with Gasteiger partial charge in [-0.25, -0.2) is 4.79 Å². The number of esters is 2. The van der Waals surface area contributed by atoms with Crippen LogP contribution < -0.4 is 5.73 Å². The predicted molar refractivity (Wildman–Crippen MR) is 48.8 cm³/mol. The Kier molecular flexibility index (Phi) is 5.30. The number of carbonyl (C=O) groups excluding carboxylic acids is 2. The zero-order valence-corrected chi connectivity index (χ0v) is 8.37. The maximum absolute atomic E-state index is 11.1. The molecule has 0 saturated carbocycles. The van der Waals surface area contributed by atoms with Gasteiger partial charge < -0.3 is 10.5 Å². The van der Waals surface area contributed by atoms with Crippen molar-refractivity contribution in [3.8, 4) is 0 Å². The molecule has 0 unspecified atom stereocenters. The van der Waals surface area contributed by atoms with Crippen LogP contribution in [0.2, 0.25) is 0 Å². The molecule has 4 heteroatoms. The minimum Gasteiger partial charge on any atom is -0.392 e. The van der Waals surface area contributed by atoms with Crippen molar-refractivity contribution in [2.24, 2.45) is 11.7 Å². The van der Waals surface area contributed by atoms with Crippen molar-refractivity contribution in [3.05, 3.63) is 0 Å². The molecule has 0 amide bonds. The molecule has 0 aliphatic carbocycles. The molecule has 0 aliphatic rings. The Balaban J connectivity index is 3.93. The molecule has 1 atom stereocenters. The van der Waals surface area contributed by atoms with Crippen LogP contribution in [0.5, 0.6) is 0 Å². The summed E-state index contributed by atoms with van der Waals surface area (Å²) in [6, 6.07) is -0.708. The number of hydrogen-bond acceptors (Lipinski definition) is 4. The average Bonchev–Trinajstić information content (AvgIpc) is 2.03. The van der Waals surface area contributed by atoms with E-state index >= 15 is 0 Å². The lowest BCUT2D eigenvalue weighted by atomic mass is 10.1. The minimum atomic E-state index is -0.708. The average molecular weight is 187 g/mol. The second-order valence-electron chi connectivity index (χ2n) is 3.31. The van der Waals surface area contributed by atoms with Gasteiger partial charge in [-0.3, -0.25) is 4.79 Å². The van der Waals surface area contributed by atoms with Gasteiger partial charge in [0.2, 0.25) is 0 Å². The third kappa shape index (κ3) is 4.62. The van der Waals surface area contributed by atoms with E-state index < -0.39 is 18.0 Å². The Morgan fingerprint density at radius 3 is 2.31 bits per heavy atom. The van der Waals surface area contributed by atoms with E-state index in [9.17, 15) is 9.59 Å². The summed E-state index contributed by atoms with van der Waals surface area (Å²) in [6.45, 7) is 5.44. The van der Waals surface area contributed by atoms with Crippen molar-refractivity contribution in [1.29, 1.82) is 0 Å². The predicted octanol–water partition coefficient (Wildman–Crippen LogP) is 0.840. The highest BCUT2D eigenvalue weighted by molar-refractivity contribution is 5.88. The van der Waals surface area contributed by atoms with Crippen LogP contribution in [0.15, 0.2) is 0 Å².